The van der Waals surface area contributed by atoms with Crippen molar-refractivity contribution in [3.8, 4) is 5.75 Å². The third kappa shape index (κ3) is 2.96. The van der Waals surface area contributed by atoms with Gasteiger partial charge in [0.1, 0.15) is 11.6 Å². The fraction of sp³-hybridized carbons (Fsp3) is 0.353. The fourth-order valence-electron chi connectivity index (χ4n) is 2.46. The molecule has 0 aliphatic heterocycles. The number of rotatable bonds is 4. The van der Waals surface area contributed by atoms with Crippen LogP contribution in [-0.2, 0) is 6.61 Å². The van der Waals surface area contributed by atoms with Crippen LogP contribution in [0.4, 0.5) is 11.5 Å². The lowest BCUT2D eigenvalue weighted by Crippen LogP contribution is -2.05. The Morgan fingerprint density at radius 3 is 2.45 bits per heavy atom. The summed E-state index contributed by atoms with van der Waals surface area (Å²) in [4.78, 5) is 4.60. The Kier molecular flexibility index (Phi) is 5.08. The van der Waals surface area contributed by atoms with E-state index in [0.717, 1.165) is 43.9 Å². The zero-order chi connectivity index (χ0) is 16.4. The van der Waals surface area contributed by atoms with E-state index in [0.29, 0.717) is 5.82 Å². The molecule has 0 fully saturated rings. The Bertz CT molecular complexity index is 715. The first-order valence-corrected chi connectivity index (χ1v) is 7.87. The first-order valence-electron chi connectivity index (χ1n) is 7.08. The van der Waals surface area contributed by atoms with Crippen LogP contribution in [0.25, 0.3) is 0 Å². The topological polar surface area (TPSA) is 54.4 Å². The maximum atomic E-state index is 9.60. The van der Waals surface area contributed by atoms with E-state index in [-0.39, 0.29) is 6.61 Å². The molecule has 2 rings (SSSR count). The lowest BCUT2D eigenvalue weighted by molar-refractivity contribution is 0.280. The van der Waals surface area contributed by atoms with Crippen LogP contribution in [0.15, 0.2) is 16.6 Å². The maximum absolute atomic E-state index is 9.60. The predicted octanol–water partition coefficient (Wildman–Crippen LogP) is 4.32. The number of hydrogen-bond donors (Lipinski definition) is 2. The van der Waals surface area contributed by atoms with Gasteiger partial charge in [-0.2, -0.15) is 0 Å². The largest absolute Gasteiger partial charge is 0.496 e. The van der Waals surface area contributed by atoms with E-state index in [1.165, 1.54) is 0 Å². The second kappa shape index (κ2) is 6.67. The van der Waals surface area contributed by atoms with Gasteiger partial charge in [-0.15, -0.1) is 0 Å². The number of aliphatic hydroxyl groups is 1. The van der Waals surface area contributed by atoms with Gasteiger partial charge in [-0.05, 0) is 60.8 Å². The number of halogens is 1. The van der Waals surface area contributed by atoms with Crippen LogP contribution in [0, 0.1) is 27.7 Å². The van der Waals surface area contributed by atoms with Crippen LogP contribution >= 0.6 is 15.9 Å². The molecule has 1 heterocycles. The summed E-state index contributed by atoms with van der Waals surface area (Å²) in [5, 5.41) is 13.0. The first kappa shape index (κ1) is 16.8. The van der Waals surface area contributed by atoms with E-state index in [2.05, 4.69) is 26.2 Å². The minimum Gasteiger partial charge on any atom is -0.496 e. The van der Waals surface area contributed by atoms with Gasteiger partial charge in [-0.25, -0.2) is 4.98 Å². The summed E-state index contributed by atoms with van der Waals surface area (Å²) in [7, 11) is 1.66. The van der Waals surface area contributed by atoms with Crippen molar-refractivity contribution in [2.75, 3.05) is 12.4 Å². The molecule has 1 aromatic heterocycles. The van der Waals surface area contributed by atoms with E-state index < -0.39 is 0 Å². The molecule has 4 nitrogen and oxygen atoms in total. The van der Waals surface area contributed by atoms with E-state index in [1.807, 2.05) is 39.8 Å². The Morgan fingerprint density at radius 1 is 1.18 bits per heavy atom. The number of ether oxygens (including phenoxy) is 1. The van der Waals surface area contributed by atoms with Crippen LogP contribution in [0.1, 0.15) is 27.9 Å². The van der Waals surface area contributed by atoms with Gasteiger partial charge in [0, 0.05) is 22.5 Å². The Hall–Kier alpha value is -1.59. The number of aromatic nitrogens is 1. The smallest absolute Gasteiger partial charge is 0.145 e. The van der Waals surface area contributed by atoms with E-state index in [1.54, 1.807) is 7.11 Å². The molecule has 0 amide bonds. The molecular formula is C17H21BrN2O2. The lowest BCUT2D eigenvalue weighted by Gasteiger charge is -2.18. The Balaban J connectivity index is 2.55. The first-order chi connectivity index (χ1) is 10.4. The number of pyridine rings is 1. The van der Waals surface area contributed by atoms with Crippen molar-refractivity contribution < 1.29 is 9.84 Å². The predicted molar refractivity (Wildman–Crippen MR) is 93.1 cm³/mol. The van der Waals surface area contributed by atoms with E-state index in [9.17, 15) is 5.11 Å². The molecular weight excluding hydrogens is 344 g/mol. The lowest BCUT2D eigenvalue weighted by atomic mass is 10.1. The standard InChI is InChI=1S/C17H21BrN2O2/c1-9-6-7-14(22-5)11(3)16(9)20-17-15(18)13(8-21)10(2)12(4)19-17/h6-7,21H,8H2,1-5H3,(H,19,20). The van der Waals surface area contributed by atoms with Crippen LogP contribution in [0.3, 0.4) is 0 Å². The summed E-state index contributed by atoms with van der Waals surface area (Å²) >= 11 is 3.55. The third-order valence-electron chi connectivity index (χ3n) is 3.99. The average Bonchev–Trinajstić information content (AvgIpc) is 2.49. The van der Waals surface area contributed by atoms with E-state index in [4.69, 9.17) is 4.74 Å². The number of nitrogens with zero attached hydrogens (tertiary/aromatic N) is 1. The van der Waals surface area contributed by atoms with Crippen molar-refractivity contribution in [2.24, 2.45) is 0 Å². The molecule has 0 saturated heterocycles. The third-order valence-corrected chi connectivity index (χ3v) is 4.85. The molecule has 0 unspecified atom stereocenters. The van der Waals surface area contributed by atoms with Gasteiger partial charge in [0.15, 0.2) is 0 Å². The average molecular weight is 365 g/mol. The molecule has 118 valence electrons. The quantitative estimate of drug-likeness (QED) is 0.847. The van der Waals surface area contributed by atoms with Gasteiger partial charge >= 0.3 is 0 Å². The minimum atomic E-state index is -0.0273. The molecule has 1 aromatic carbocycles. The van der Waals surface area contributed by atoms with Gasteiger partial charge in [-0.1, -0.05) is 6.07 Å². The molecule has 0 saturated carbocycles. The van der Waals surface area contributed by atoms with Crippen molar-refractivity contribution in [1.82, 2.24) is 4.98 Å². The maximum Gasteiger partial charge on any atom is 0.145 e. The summed E-state index contributed by atoms with van der Waals surface area (Å²) < 4.78 is 6.18. The molecule has 0 aliphatic carbocycles. The molecule has 0 aliphatic rings. The number of benzene rings is 1. The second-order valence-corrected chi connectivity index (χ2v) is 6.12. The normalized spacial score (nSPS) is 10.7. The Morgan fingerprint density at radius 2 is 1.86 bits per heavy atom. The summed E-state index contributed by atoms with van der Waals surface area (Å²) in [5.41, 5.74) is 5.86. The summed E-state index contributed by atoms with van der Waals surface area (Å²) in [6, 6.07) is 3.97. The van der Waals surface area contributed by atoms with Crippen molar-refractivity contribution >= 4 is 27.4 Å². The number of aryl methyl sites for hydroxylation is 2. The van der Waals surface area contributed by atoms with Crippen molar-refractivity contribution in [3.05, 3.63) is 44.6 Å². The van der Waals surface area contributed by atoms with Gasteiger partial charge in [0.25, 0.3) is 0 Å². The van der Waals surface area contributed by atoms with Crippen molar-refractivity contribution in [3.63, 3.8) is 0 Å². The van der Waals surface area contributed by atoms with Crippen LogP contribution in [0.2, 0.25) is 0 Å². The molecule has 0 radical (unpaired) electrons. The number of aliphatic hydroxyl groups excluding tert-OH is 1. The molecule has 0 atom stereocenters. The number of methoxy groups -OCH3 is 1. The van der Waals surface area contributed by atoms with Crippen LogP contribution < -0.4 is 10.1 Å². The molecule has 5 heteroatoms. The summed E-state index contributed by atoms with van der Waals surface area (Å²) in [5.74, 6) is 1.53. The monoisotopic (exact) mass is 364 g/mol. The highest BCUT2D eigenvalue weighted by molar-refractivity contribution is 9.10. The molecule has 2 aromatic rings. The molecule has 0 bridgehead atoms. The second-order valence-electron chi connectivity index (χ2n) is 5.33. The molecule has 2 N–H and O–H groups in total. The minimum absolute atomic E-state index is 0.0273. The number of anilines is 2. The van der Waals surface area contributed by atoms with Gasteiger partial charge < -0.3 is 15.2 Å². The van der Waals surface area contributed by atoms with Crippen molar-refractivity contribution in [2.45, 2.75) is 34.3 Å². The number of hydrogen-bond acceptors (Lipinski definition) is 4. The van der Waals surface area contributed by atoms with Gasteiger partial charge in [0.2, 0.25) is 0 Å². The number of nitrogens with one attached hydrogen (secondary N) is 1. The molecule has 22 heavy (non-hydrogen) atoms. The van der Waals surface area contributed by atoms with Crippen LogP contribution in [0.5, 0.6) is 5.75 Å². The summed E-state index contributed by atoms with van der Waals surface area (Å²) in [6.07, 6.45) is 0. The zero-order valence-corrected chi connectivity index (χ0v) is 15.1. The zero-order valence-electron chi connectivity index (χ0n) is 13.5. The fourth-order valence-corrected chi connectivity index (χ4v) is 3.07. The Labute approximate surface area is 139 Å². The highest BCUT2D eigenvalue weighted by Crippen LogP contribution is 2.35. The van der Waals surface area contributed by atoms with Gasteiger partial charge in [0.05, 0.1) is 18.2 Å². The SMILES string of the molecule is COc1ccc(C)c(Nc2nc(C)c(C)c(CO)c2Br)c1C. The highest BCUT2D eigenvalue weighted by Gasteiger charge is 2.15. The highest BCUT2D eigenvalue weighted by atomic mass is 79.9. The summed E-state index contributed by atoms with van der Waals surface area (Å²) in [6.45, 7) is 7.93. The van der Waals surface area contributed by atoms with E-state index >= 15 is 0 Å². The molecule has 0 spiro atoms. The van der Waals surface area contributed by atoms with Crippen LogP contribution in [-0.4, -0.2) is 17.2 Å². The van der Waals surface area contributed by atoms with Gasteiger partial charge in [-0.3, -0.25) is 0 Å². The van der Waals surface area contributed by atoms with Crippen molar-refractivity contribution in [1.29, 1.82) is 0 Å².